The van der Waals surface area contributed by atoms with Gasteiger partial charge in [-0.3, -0.25) is 14.8 Å². The molecular formula is C40H41NO9. The molecule has 0 saturated carbocycles. The highest BCUT2D eigenvalue weighted by molar-refractivity contribution is 6.10. The Morgan fingerprint density at radius 2 is 1.34 bits per heavy atom. The third-order valence-corrected chi connectivity index (χ3v) is 8.34. The molecule has 0 aromatic heterocycles. The largest absolute Gasteiger partial charge is 0.493 e. The van der Waals surface area contributed by atoms with Crippen molar-refractivity contribution in [3.8, 4) is 40.7 Å². The van der Waals surface area contributed by atoms with Crippen molar-refractivity contribution in [2.45, 2.75) is 44.8 Å². The van der Waals surface area contributed by atoms with Crippen LogP contribution in [0, 0.1) is 12.0 Å². The van der Waals surface area contributed by atoms with E-state index in [1.54, 1.807) is 64.8 Å². The number of ketones is 1. The van der Waals surface area contributed by atoms with Crippen molar-refractivity contribution in [3.05, 3.63) is 112 Å². The molecule has 1 fully saturated rings. The Labute approximate surface area is 292 Å². The van der Waals surface area contributed by atoms with E-state index in [-0.39, 0.29) is 30.0 Å². The number of benzene rings is 4. The first kappa shape index (κ1) is 35.8. The van der Waals surface area contributed by atoms with E-state index in [2.05, 4.69) is 12.0 Å². The van der Waals surface area contributed by atoms with Gasteiger partial charge in [-0.25, -0.2) is 0 Å². The number of amides is 1. The summed E-state index contributed by atoms with van der Waals surface area (Å²) >= 11 is 0. The maximum absolute atomic E-state index is 13.1. The summed E-state index contributed by atoms with van der Waals surface area (Å²) in [6, 6.07) is 25.2. The summed E-state index contributed by atoms with van der Waals surface area (Å²) in [5.41, 5.74) is 3.46. The molecule has 1 heterocycles. The molecule has 0 radical (unpaired) electrons. The van der Waals surface area contributed by atoms with Crippen LogP contribution in [0.1, 0.15) is 81.4 Å². The number of ether oxygens (including phenoxy) is 6. The zero-order chi connectivity index (χ0) is 35.6. The molecule has 4 aromatic carbocycles. The van der Waals surface area contributed by atoms with Gasteiger partial charge in [-0.15, -0.1) is 5.06 Å². The van der Waals surface area contributed by atoms with Gasteiger partial charge in [0.1, 0.15) is 0 Å². The van der Waals surface area contributed by atoms with Crippen molar-refractivity contribution in [1.82, 2.24) is 5.06 Å². The second-order valence-corrected chi connectivity index (χ2v) is 11.6. The van der Waals surface area contributed by atoms with Gasteiger partial charge in [0, 0.05) is 34.7 Å². The Hall–Kier alpha value is -5.50. The van der Waals surface area contributed by atoms with Gasteiger partial charge < -0.3 is 28.4 Å². The summed E-state index contributed by atoms with van der Waals surface area (Å²) in [5, 5.41) is 10.9. The van der Waals surface area contributed by atoms with Crippen LogP contribution in [-0.2, 0) is 11.2 Å². The van der Waals surface area contributed by atoms with Gasteiger partial charge in [0.25, 0.3) is 5.91 Å². The first-order valence-electron chi connectivity index (χ1n) is 16.3. The lowest BCUT2D eigenvalue weighted by molar-refractivity contribution is -0.0117. The fourth-order valence-electron chi connectivity index (χ4n) is 5.87. The molecule has 1 saturated heterocycles. The van der Waals surface area contributed by atoms with Crippen LogP contribution < -0.4 is 23.7 Å². The van der Waals surface area contributed by atoms with E-state index >= 15 is 0 Å². The maximum atomic E-state index is 13.1. The van der Waals surface area contributed by atoms with Crippen molar-refractivity contribution >= 4 is 11.7 Å². The van der Waals surface area contributed by atoms with Crippen molar-refractivity contribution in [3.63, 3.8) is 0 Å². The van der Waals surface area contributed by atoms with Crippen LogP contribution in [0.2, 0.25) is 0 Å². The van der Waals surface area contributed by atoms with Crippen molar-refractivity contribution in [2.24, 2.45) is 0 Å². The number of rotatable bonds is 13. The topological polar surface area (TPSA) is 113 Å². The molecule has 0 aliphatic carbocycles. The molecule has 0 bridgehead atoms. The third-order valence-electron chi connectivity index (χ3n) is 8.34. The number of carbonyl (C=O) groups is 2. The van der Waals surface area contributed by atoms with E-state index < -0.39 is 5.91 Å². The average molecular weight is 680 g/mol. The second kappa shape index (κ2) is 16.7. The standard InChI is InChI=1S/C40H41NO9/c1-6-20-49-38-28(16-11-19-41(44)40(43)29-15-10-14-27(21-29)37(42)26-12-8-7-9-13-26)22-30(23-34(38)45-2)32-17-18-33(50-32)31-24-35(46-3)39(48-5)36(25-31)47-4/h7-10,12-15,21-25,32-33,44H,6,16-18,20H2,1-5H3. The fraction of sp³-hybridized carbons (Fsp3) is 0.300. The lowest BCUT2D eigenvalue weighted by atomic mass is 9.99. The number of hydrogen-bond acceptors (Lipinski definition) is 9. The van der Waals surface area contributed by atoms with Gasteiger partial charge in [-0.05, 0) is 66.8 Å². The quantitative estimate of drug-likeness (QED) is 0.0509. The summed E-state index contributed by atoms with van der Waals surface area (Å²) in [6.45, 7) is 2.47. The number of hydroxylamine groups is 2. The van der Waals surface area contributed by atoms with Gasteiger partial charge in [0.05, 0.1) is 47.3 Å². The number of nitrogens with zero attached hydrogens (tertiary/aromatic N) is 1. The van der Waals surface area contributed by atoms with Crippen molar-refractivity contribution < 1.29 is 43.2 Å². The minimum Gasteiger partial charge on any atom is -0.493 e. The second-order valence-electron chi connectivity index (χ2n) is 11.6. The Kier molecular flexibility index (Phi) is 12.0. The molecular weight excluding hydrogens is 638 g/mol. The Balaban J connectivity index is 1.36. The zero-order valence-corrected chi connectivity index (χ0v) is 28.9. The lowest BCUT2D eigenvalue weighted by Gasteiger charge is -2.20. The summed E-state index contributed by atoms with van der Waals surface area (Å²) in [5.74, 6) is 4.60. The van der Waals surface area contributed by atoms with Crippen LogP contribution in [0.5, 0.6) is 28.7 Å². The average Bonchev–Trinajstić information content (AvgIpc) is 3.66. The molecule has 10 heteroatoms. The molecule has 0 spiro atoms. The molecule has 4 aromatic rings. The normalized spacial score (nSPS) is 15.0. The van der Waals surface area contributed by atoms with Crippen LogP contribution in [0.15, 0.2) is 78.9 Å². The Morgan fingerprint density at radius 3 is 1.94 bits per heavy atom. The van der Waals surface area contributed by atoms with E-state index in [0.717, 1.165) is 36.0 Å². The molecule has 1 aliphatic rings. The van der Waals surface area contributed by atoms with E-state index in [1.165, 1.54) is 12.1 Å². The molecule has 1 N–H and O–H groups in total. The van der Waals surface area contributed by atoms with Crippen LogP contribution in [0.3, 0.4) is 0 Å². The van der Waals surface area contributed by atoms with Gasteiger partial charge in [0.15, 0.2) is 28.8 Å². The van der Waals surface area contributed by atoms with Crippen LogP contribution >= 0.6 is 0 Å². The molecule has 260 valence electrons. The molecule has 50 heavy (non-hydrogen) atoms. The molecule has 2 atom stereocenters. The minimum absolute atomic E-state index is 0.124. The highest BCUT2D eigenvalue weighted by Crippen LogP contribution is 2.47. The van der Waals surface area contributed by atoms with E-state index in [4.69, 9.17) is 28.4 Å². The molecule has 2 unspecified atom stereocenters. The minimum atomic E-state index is -0.758. The van der Waals surface area contributed by atoms with Crippen LogP contribution in [0.4, 0.5) is 0 Å². The van der Waals surface area contributed by atoms with Crippen LogP contribution in [0.25, 0.3) is 0 Å². The molecule has 10 nitrogen and oxygen atoms in total. The monoisotopic (exact) mass is 679 g/mol. The molecule has 5 rings (SSSR count). The van der Waals surface area contributed by atoms with Crippen molar-refractivity contribution in [1.29, 1.82) is 0 Å². The maximum Gasteiger partial charge on any atom is 0.289 e. The highest BCUT2D eigenvalue weighted by Gasteiger charge is 2.31. The zero-order valence-electron chi connectivity index (χ0n) is 28.9. The van der Waals surface area contributed by atoms with Gasteiger partial charge in [-0.1, -0.05) is 55.3 Å². The van der Waals surface area contributed by atoms with Gasteiger partial charge >= 0.3 is 0 Å². The smallest absolute Gasteiger partial charge is 0.289 e. The van der Waals surface area contributed by atoms with Crippen molar-refractivity contribution in [2.75, 3.05) is 35.0 Å². The van der Waals surface area contributed by atoms with Crippen LogP contribution in [-0.4, -0.2) is 57.0 Å². The molecule has 1 amide bonds. The summed E-state index contributed by atoms with van der Waals surface area (Å²) < 4.78 is 35.0. The first-order chi connectivity index (χ1) is 24.3. The number of carbonyl (C=O) groups excluding carboxylic acids is 2. The SMILES string of the molecule is CCCOc1c(CC#CN(O)C(=O)c2cccc(C(=O)c3ccccc3)c2)cc(C2CCC(c3cc(OC)c(OC)c(OC)c3)O2)cc1OC. The predicted octanol–water partition coefficient (Wildman–Crippen LogP) is 7.37. The van der Waals surface area contributed by atoms with E-state index in [9.17, 15) is 14.8 Å². The highest BCUT2D eigenvalue weighted by atomic mass is 16.5. The predicted molar refractivity (Wildman–Crippen MR) is 186 cm³/mol. The Bertz CT molecular complexity index is 1850. The lowest BCUT2D eigenvalue weighted by Crippen LogP contribution is -2.22. The Morgan fingerprint density at radius 1 is 0.760 bits per heavy atom. The van der Waals surface area contributed by atoms with E-state index in [1.807, 2.05) is 37.3 Å². The first-order valence-corrected chi connectivity index (χ1v) is 16.3. The summed E-state index contributed by atoms with van der Waals surface area (Å²) in [4.78, 5) is 26.0. The number of hydrogen-bond donors (Lipinski definition) is 1. The number of methoxy groups -OCH3 is 4. The van der Waals surface area contributed by atoms with E-state index in [0.29, 0.717) is 51.5 Å². The fourth-order valence-corrected chi connectivity index (χ4v) is 5.87. The van der Waals surface area contributed by atoms with Gasteiger partial charge in [0.2, 0.25) is 5.75 Å². The summed E-state index contributed by atoms with van der Waals surface area (Å²) in [7, 11) is 6.30. The third kappa shape index (κ3) is 8.03. The van der Waals surface area contributed by atoms with Gasteiger partial charge in [-0.2, -0.15) is 0 Å². The summed E-state index contributed by atoms with van der Waals surface area (Å²) in [6.07, 6.45) is 1.96. The molecule has 1 aliphatic heterocycles.